The lowest BCUT2D eigenvalue weighted by molar-refractivity contribution is 0.0600. The standard InChI is InChI=1S/C15H14N2O2S/c1-9-6-11-4-5-12(15(18)19-3)10(2)14(11)17(9)13-7-20-8-16-13/h4-8H,1-3H3. The molecule has 0 saturated carbocycles. The monoisotopic (exact) mass is 286 g/mol. The molecule has 0 aliphatic carbocycles. The average Bonchev–Trinajstić information content (AvgIpc) is 3.05. The molecule has 3 rings (SSSR count). The fraction of sp³-hybridized carbons (Fsp3) is 0.200. The van der Waals surface area contributed by atoms with Crippen molar-refractivity contribution >= 4 is 28.2 Å². The van der Waals surface area contributed by atoms with Crippen LogP contribution < -0.4 is 0 Å². The van der Waals surface area contributed by atoms with Crippen LogP contribution in [-0.2, 0) is 4.74 Å². The van der Waals surface area contributed by atoms with E-state index in [0.717, 1.165) is 28.0 Å². The van der Waals surface area contributed by atoms with Gasteiger partial charge in [-0.2, -0.15) is 0 Å². The highest BCUT2D eigenvalue weighted by atomic mass is 32.1. The van der Waals surface area contributed by atoms with Crippen molar-refractivity contribution in [3.05, 3.63) is 45.9 Å². The lowest BCUT2D eigenvalue weighted by Gasteiger charge is -2.09. The predicted molar refractivity (Wildman–Crippen MR) is 79.8 cm³/mol. The molecule has 102 valence electrons. The molecule has 0 amide bonds. The zero-order valence-electron chi connectivity index (χ0n) is 11.5. The van der Waals surface area contributed by atoms with Gasteiger partial charge in [0.25, 0.3) is 0 Å². The van der Waals surface area contributed by atoms with Gasteiger partial charge in [0.2, 0.25) is 0 Å². The molecule has 2 heterocycles. The first-order valence-electron chi connectivity index (χ1n) is 6.22. The molecule has 5 heteroatoms. The van der Waals surface area contributed by atoms with Crippen LogP contribution in [0.25, 0.3) is 16.7 Å². The van der Waals surface area contributed by atoms with Crippen LogP contribution in [0.5, 0.6) is 0 Å². The van der Waals surface area contributed by atoms with Crippen molar-refractivity contribution in [3.63, 3.8) is 0 Å². The molecular formula is C15H14N2O2S. The van der Waals surface area contributed by atoms with Crippen molar-refractivity contribution in [2.75, 3.05) is 7.11 Å². The van der Waals surface area contributed by atoms with Crippen LogP contribution in [0.2, 0.25) is 0 Å². The predicted octanol–water partition coefficient (Wildman–Crippen LogP) is 3.49. The third kappa shape index (κ3) is 1.82. The number of rotatable bonds is 2. The highest BCUT2D eigenvalue weighted by Gasteiger charge is 2.17. The summed E-state index contributed by atoms with van der Waals surface area (Å²) in [5.41, 5.74) is 5.41. The van der Waals surface area contributed by atoms with Gasteiger partial charge in [0.05, 0.1) is 23.7 Å². The minimum Gasteiger partial charge on any atom is -0.465 e. The number of aryl methyl sites for hydroxylation is 2. The first-order valence-corrected chi connectivity index (χ1v) is 7.16. The Hall–Kier alpha value is -2.14. The molecule has 0 fully saturated rings. The molecule has 0 atom stereocenters. The second-order valence-corrected chi connectivity index (χ2v) is 5.35. The Bertz CT molecular complexity index is 788. The van der Waals surface area contributed by atoms with Crippen LogP contribution in [0, 0.1) is 13.8 Å². The summed E-state index contributed by atoms with van der Waals surface area (Å²) in [7, 11) is 1.40. The highest BCUT2D eigenvalue weighted by Crippen LogP contribution is 2.29. The SMILES string of the molecule is COC(=O)c1ccc2cc(C)n(-c3cscn3)c2c1C. The van der Waals surface area contributed by atoms with Crippen LogP contribution in [0.4, 0.5) is 0 Å². The molecule has 0 radical (unpaired) electrons. The third-order valence-corrected chi connectivity index (χ3v) is 4.03. The van der Waals surface area contributed by atoms with Gasteiger partial charge >= 0.3 is 5.97 Å². The quantitative estimate of drug-likeness (QED) is 0.677. The van der Waals surface area contributed by atoms with Gasteiger partial charge in [-0.3, -0.25) is 4.57 Å². The largest absolute Gasteiger partial charge is 0.465 e. The molecule has 4 nitrogen and oxygen atoms in total. The first-order chi connectivity index (χ1) is 9.63. The molecule has 0 aliphatic rings. The van der Waals surface area contributed by atoms with Gasteiger partial charge in [-0.25, -0.2) is 9.78 Å². The van der Waals surface area contributed by atoms with Crippen molar-refractivity contribution in [1.82, 2.24) is 9.55 Å². The van der Waals surface area contributed by atoms with Gasteiger partial charge in [-0.15, -0.1) is 11.3 Å². The van der Waals surface area contributed by atoms with Gasteiger partial charge in [-0.1, -0.05) is 6.07 Å². The van der Waals surface area contributed by atoms with E-state index < -0.39 is 0 Å². The fourth-order valence-electron chi connectivity index (χ4n) is 2.54. The number of benzene rings is 1. The molecule has 2 aromatic heterocycles. The van der Waals surface area contributed by atoms with Crippen LogP contribution in [-0.4, -0.2) is 22.6 Å². The van der Waals surface area contributed by atoms with Crippen molar-refractivity contribution in [2.24, 2.45) is 0 Å². The molecule has 3 aromatic rings. The van der Waals surface area contributed by atoms with Crippen molar-refractivity contribution in [3.8, 4) is 5.82 Å². The van der Waals surface area contributed by atoms with Crippen LogP contribution >= 0.6 is 11.3 Å². The van der Waals surface area contributed by atoms with E-state index >= 15 is 0 Å². The maximum atomic E-state index is 11.8. The number of carbonyl (C=O) groups is 1. The molecule has 0 spiro atoms. The van der Waals surface area contributed by atoms with Gasteiger partial charge in [0, 0.05) is 16.5 Å². The summed E-state index contributed by atoms with van der Waals surface area (Å²) in [6.07, 6.45) is 0. The Morgan fingerprint density at radius 3 is 2.80 bits per heavy atom. The Balaban J connectivity index is 2.35. The Morgan fingerprint density at radius 2 is 2.15 bits per heavy atom. The maximum Gasteiger partial charge on any atom is 0.338 e. The van der Waals surface area contributed by atoms with E-state index in [1.807, 2.05) is 31.4 Å². The maximum absolute atomic E-state index is 11.8. The van der Waals surface area contributed by atoms with Crippen LogP contribution in [0.3, 0.4) is 0 Å². The van der Waals surface area contributed by atoms with Crippen molar-refractivity contribution in [1.29, 1.82) is 0 Å². The molecular weight excluding hydrogens is 272 g/mol. The summed E-state index contributed by atoms with van der Waals surface area (Å²) in [6, 6.07) is 5.86. The summed E-state index contributed by atoms with van der Waals surface area (Å²) in [4.78, 5) is 16.2. The van der Waals surface area contributed by atoms with E-state index in [4.69, 9.17) is 4.74 Å². The summed E-state index contributed by atoms with van der Waals surface area (Å²) in [5.74, 6) is 0.570. The second kappa shape index (κ2) is 4.76. The van der Waals surface area contributed by atoms with Crippen LogP contribution in [0.15, 0.2) is 29.1 Å². The van der Waals surface area contributed by atoms with Crippen LogP contribution in [0.1, 0.15) is 21.6 Å². The number of hydrogen-bond donors (Lipinski definition) is 0. The third-order valence-electron chi connectivity index (χ3n) is 3.46. The molecule has 1 aromatic carbocycles. The number of esters is 1. The summed E-state index contributed by atoms with van der Waals surface area (Å²) < 4.78 is 6.92. The smallest absolute Gasteiger partial charge is 0.338 e. The number of carbonyl (C=O) groups excluding carboxylic acids is 1. The molecule has 0 N–H and O–H groups in total. The zero-order valence-corrected chi connectivity index (χ0v) is 12.3. The van der Waals surface area contributed by atoms with Gasteiger partial charge < -0.3 is 4.74 Å². The molecule has 0 saturated heterocycles. The lowest BCUT2D eigenvalue weighted by atomic mass is 10.1. The second-order valence-electron chi connectivity index (χ2n) is 4.64. The summed E-state index contributed by atoms with van der Waals surface area (Å²) >= 11 is 1.55. The van der Waals surface area contributed by atoms with Gasteiger partial charge in [-0.05, 0) is 31.5 Å². The van der Waals surface area contributed by atoms with E-state index in [1.165, 1.54) is 7.11 Å². The van der Waals surface area contributed by atoms with E-state index in [0.29, 0.717) is 5.56 Å². The first kappa shape index (κ1) is 12.9. The lowest BCUT2D eigenvalue weighted by Crippen LogP contribution is -2.06. The van der Waals surface area contributed by atoms with Gasteiger partial charge in [0.1, 0.15) is 5.82 Å². The Labute approximate surface area is 120 Å². The van der Waals surface area contributed by atoms with E-state index in [2.05, 4.69) is 15.6 Å². The molecule has 0 aliphatic heterocycles. The Morgan fingerprint density at radius 1 is 1.35 bits per heavy atom. The molecule has 0 unspecified atom stereocenters. The number of methoxy groups -OCH3 is 1. The van der Waals surface area contributed by atoms with Gasteiger partial charge in [0.15, 0.2) is 0 Å². The summed E-state index contributed by atoms with van der Waals surface area (Å²) in [6.45, 7) is 3.98. The minimum absolute atomic E-state index is 0.312. The Kier molecular flexibility index (Phi) is 3.06. The number of thiazole rings is 1. The van der Waals surface area contributed by atoms with E-state index in [1.54, 1.807) is 16.8 Å². The van der Waals surface area contributed by atoms with Crippen molar-refractivity contribution in [2.45, 2.75) is 13.8 Å². The van der Waals surface area contributed by atoms with Crippen molar-refractivity contribution < 1.29 is 9.53 Å². The number of nitrogens with zero attached hydrogens (tertiary/aromatic N) is 2. The average molecular weight is 286 g/mol. The zero-order chi connectivity index (χ0) is 14.3. The normalized spacial score (nSPS) is 10.9. The minimum atomic E-state index is -0.312. The fourth-order valence-corrected chi connectivity index (χ4v) is 3.06. The highest BCUT2D eigenvalue weighted by molar-refractivity contribution is 7.07. The summed E-state index contributed by atoms with van der Waals surface area (Å²) in [5, 5.41) is 3.09. The number of fused-ring (bicyclic) bond motifs is 1. The topological polar surface area (TPSA) is 44.1 Å². The number of aromatic nitrogens is 2. The van der Waals surface area contributed by atoms with E-state index in [-0.39, 0.29) is 5.97 Å². The number of ether oxygens (including phenoxy) is 1. The molecule has 20 heavy (non-hydrogen) atoms. The van der Waals surface area contributed by atoms with E-state index in [9.17, 15) is 4.79 Å². The number of hydrogen-bond acceptors (Lipinski definition) is 4. The molecule has 0 bridgehead atoms.